The predicted octanol–water partition coefficient (Wildman–Crippen LogP) is 2.77. The molecule has 0 spiro atoms. The van der Waals surface area contributed by atoms with Crippen molar-refractivity contribution in [2.24, 2.45) is 0 Å². The van der Waals surface area contributed by atoms with Crippen LogP contribution < -0.4 is 10.6 Å². The molecule has 1 heterocycles. The van der Waals surface area contributed by atoms with Crippen LogP contribution in [-0.2, 0) is 16.1 Å². The summed E-state index contributed by atoms with van der Waals surface area (Å²) >= 11 is 1.30. The lowest BCUT2D eigenvalue weighted by Crippen LogP contribution is -2.25. The topological polar surface area (TPSA) is 84.0 Å². The van der Waals surface area contributed by atoms with Crippen molar-refractivity contribution in [2.45, 2.75) is 39.4 Å². The van der Waals surface area contributed by atoms with Gasteiger partial charge in [-0.2, -0.15) is 0 Å². The van der Waals surface area contributed by atoms with E-state index in [4.69, 9.17) is 0 Å². The summed E-state index contributed by atoms with van der Waals surface area (Å²) in [6.07, 6.45) is 1.68. The average molecular weight is 358 g/mol. The molecule has 1 aromatic heterocycles. The summed E-state index contributed by atoms with van der Waals surface area (Å²) < 4.78 is 0. The van der Waals surface area contributed by atoms with Gasteiger partial charge in [-0.25, -0.2) is 9.97 Å². The number of nitrogens with one attached hydrogen (secondary N) is 2. The molecule has 2 aromatic rings. The Balaban J connectivity index is 1.94. The number of benzene rings is 1. The number of carbonyl (C=O) groups is 2. The van der Waals surface area contributed by atoms with Crippen LogP contribution in [0.1, 0.15) is 29.3 Å². The SMILES string of the molecule is CC(=O)Nc1c(C)ccc(CNC(=O)CSc2nccc(C)n2)c1C. The highest BCUT2D eigenvalue weighted by molar-refractivity contribution is 7.99. The smallest absolute Gasteiger partial charge is 0.230 e. The van der Waals surface area contributed by atoms with Crippen molar-refractivity contribution in [2.75, 3.05) is 11.1 Å². The summed E-state index contributed by atoms with van der Waals surface area (Å²) in [5.41, 5.74) is 4.61. The molecule has 0 radical (unpaired) electrons. The molecular formula is C18H22N4O2S. The minimum absolute atomic E-state index is 0.0869. The quantitative estimate of drug-likeness (QED) is 0.613. The largest absolute Gasteiger partial charge is 0.351 e. The van der Waals surface area contributed by atoms with E-state index in [9.17, 15) is 9.59 Å². The van der Waals surface area contributed by atoms with Crippen molar-refractivity contribution in [3.8, 4) is 0 Å². The van der Waals surface area contributed by atoms with Crippen LogP contribution in [0.4, 0.5) is 5.69 Å². The molecule has 0 fully saturated rings. The number of nitrogens with zero attached hydrogens (tertiary/aromatic N) is 2. The van der Waals surface area contributed by atoms with Gasteiger partial charge in [0, 0.05) is 31.0 Å². The molecule has 1 aromatic carbocycles. The Morgan fingerprint density at radius 1 is 1.16 bits per heavy atom. The Labute approximate surface area is 151 Å². The van der Waals surface area contributed by atoms with Gasteiger partial charge in [-0.1, -0.05) is 23.9 Å². The summed E-state index contributed by atoms with van der Waals surface area (Å²) in [6.45, 7) is 7.66. The monoisotopic (exact) mass is 358 g/mol. The van der Waals surface area contributed by atoms with Gasteiger partial charge in [0.1, 0.15) is 0 Å². The highest BCUT2D eigenvalue weighted by Crippen LogP contribution is 2.23. The molecule has 0 aliphatic rings. The number of rotatable bonds is 6. The van der Waals surface area contributed by atoms with E-state index in [1.807, 2.05) is 39.0 Å². The van der Waals surface area contributed by atoms with Crippen molar-refractivity contribution >= 4 is 29.3 Å². The molecule has 25 heavy (non-hydrogen) atoms. The van der Waals surface area contributed by atoms with Crippen molar-refractivity contribution in [3.63, 3.8) is 0 Å². The first-order chi connectivity index (χ1) is 11.9. The maximum Gasteiger partial charge on any atom is 0.230 e. The van der Waals surface area contributed by atoms with E-state index in [2.05, 4.69) is 20.6 Å². The first-order valence-corrected chi connectivity index (χ1v) is 8.91. The highest BCUT2D eigenvalue weighted by Gasteiger charge is 2.10. The van der Waals surface area contributed by atoms with Gasteiger partial charge in [0.15, 0.2) is 5.16 Å². The van der Waals surface area contributed by atoms with Crippen LogP contribution in [0.2, 0.25) is 0 Å². The fourth-order valence-corrected chi connectivity index (χ4v) is 3.03. The third-order valence-electron chi connectivity index (χ3n) is 3.67. The van der Waals surface area contributed by atoms with Gasteiger partial charge in [-0.15, -0.1) is 0 Å². The highest BCUT2D eigenvalue weighted by atomic mass is 32.2. The van der Waals surface area contributed by atoms with Gasteiger partial charge >= 0.3 is 0 Å². The molecule has 0 unspecified atom stereocenters. The molecule has 2 N–H and O–H groups in total. The zero-order valence-corrected chi connectivity index (χ0v) is 15.7. The number of amides is 2. The molecule has 132 valence electrons. The van der Waals surface area contributed by atoms with Crippen molar-refractivity contribution < 1.29 is 9.59 Å². The number of thioether (sulfide) groups is 1. The number of anilines is 1. The Morgan fingerprint density at radius 2 is 1.92 bits per heavy atom. The van der Waals surface area contributed by atoms with E-state index < -0.39 is 0 Å². The lowest BCUT2D eigenvalue weighted by atomic mass is 10.0. The molecule has 0 saturated carbocycles. The summed E-state index contributed by atoms with van der Waals surface area (Å²) in [6, 6.07) is 5.72. The number of aromatic nitrogens is 2. The zero-order chi connectivity index (χ0) is 18.4. The Kier molecular flexibility index (Phi) is 6.52. The number of hydrogen-bond acceptors (Lipinski definition) is 5. The lowest BCUT2D eigenvalue weighted by Gasteiger charge is -2.15. The molecule has 0 aliphatic heterocycles. The van der Waals surface area contributed by atoms with E-state index in [1.165, 1.54) is 18.7 Å². The zero-order valence-electron chi connectivity index (χ0n) is 14.8. The first-order valence-electron chi connectivity index (χ1n) is 7.92. The summed E-state index contributed by atoms with van der Waals surface area (Å²) in [5, 5.41) is 6.34. The first kappa shape index (κ1) is 18.9. The summed E-state index contributed by atoms with van der Waals surface area (Å²) in [4.78, 5) is 31.8. The van der Waals surface area contributed by atoms with E-state index >= 15 is 0 Å². The van der Waals surface area contributed by atoms with E-state index in [0.29, 0.717) is 11.7 Å². The molecule has 7 heteroatoms. The molecular weight excluding hydrogens is 336 g/mol. The number of hydrogen-bond donors (Lipinski definition) is 2. The fraction of sp³-hybridized carbons (Fsp3) is 0.333. The van der Waals surface area contributed by atoms with Crippen LogP contribution in [0.3, 0.4) is 0 Å². The minimum atomic E-state index is -0.109. The van der Waals surface area contributed by atoms with Crippen molar-refractivity contribution in [1.29, 1.82) is 0 Å². The number of aryl methyl sites for hydroxylation is 2. The van der Waals surface area contributed by atoms with Gasteiger partial charge in [0.05, 0.1) is 5.75 Å². The molecule has 0 aliphatic carbocycles. The maximum atomic E-state index is 12.1. The average Bonchev–Trinajstić information content (AvgIpc) is 2.56. The normalized spacial score (nSPS) is 10.4. The maximum absolute atomic E-state index is 12.1. The van der Waals surface area contributed by atoms with Crippen molar-refractivity contribution in [3.05, 3.63) is 46.8 Å². The van der Waals surface area contributed by atoms with Crippen LogP contribution in [0, 0.1) is 20.8 Å². The van der Waals surface area contributed by atoms with Crippen LogP contribution in [0.5, 0.6) is 0 Å². The van der Waals surface area contributed by atoms with Gasteiger partial charge in [0.25, 0.3) is 0 Å². The van der Waals surface area contributed by atoms with Gasteiger partial charge in [0.2, 0.25) is 11.8 Å². The second kappa shape index (κ2) is 8.62. The summed E-state index contributed by atoms with van der Waals surface area (Å²) in [7, 11) is 0. The third-order valence-corrected chi connectivity index (χ3v) is 4.53. The standard InChI is InChI=1S/C18H22N4O2S/c1-11-5-6-15(13(3)17(11)22-14(4)23)9-20-16(24)10-25-18-19-8-7-12(2)21-18/h5-8H,9-10H2,1-4H3,(H,20,24)(H,22,23). The predicted molar refractivity (Wildman–Crippen MR) is 99.6 cm³/mol. The van der Waals surface area contributed by atoms with Crippen LogP contribution in [0.25, 0.3) is 0 Å². The molecule has 2 amide bonds. The molecule has 0 saturated heterocycles. The second-order valence-corrected chi connectivity index (χ2v) is 6.71. The Morgan fingerprint density at radius 3 is 2.60 bits per heavy atom. The summed E-state index contributed by atoms with van der Waals surface area (Å²) in [5.74, 6) is 0.0607. The third kappa shape index (κ3) is 5.56. The Hall–Kier alpha value is -2.41. The van der Waals surface area contributed by atoms with Gasteiger partial charge in [-0.05, 0) is 43.5 Å². The number of carbonyl (C=O) groups excluding carboxylic acids is 2. The van der Waals surface area contributed by atoms with Crippen LogP contribution >= 0.6 is 11.8 Å². The van der Waals surface area contributed by atoms with Crippen LogP contribution in [-0.4, -0.2) is 27.5 Å². The van der Waals surface area contributed by atoms with Crippen LogP contribution in [0.15, 0.2) is 29.6 Å². The second-order valence-electron chi connectivity index (χ2n) is 5.77. The molecule has 0 bridgehead atoms. The van der Waals surface area contributed by atoms with Crippen molar-refractivity contribution in [1.82, 2.24) is 15.3 Å². The molecule has 0 atom stereocenters. The fourth-order valence-electron chi connectivity index (χ4n) is 2.32. The molecule has 2 rings (SSSR count). The van der Waals surface area contributed by atoms with E-state index in [-0.39, 0.29) is 17.6 Å². The van der Waals surface area contributed by atoms with Gasteiger partial charge in [-0.3, -0.25) is 9.59 Å². The lowest BCUT2D eigenvalue weighted by molar-refractivity contribution is -0.118. The van der Waals surface area contributed by atoms with E-state index in [0.717, 1.165) is 28.1 Å². The van der Waals surface area contributed by atoms with Gasteiger partial charge < -0.3 is 10.6 Å². The molecule has 6 nitrogen and oxygen atoms in total. The Bertz CT molecular complexity index is 793. The van der Waals surface area contributed by atoms with E-state index in [1.54, 1.807) is 6.20 Å². The minimum Gasteiger partial charge on any atom is -0.351 e.